The molecule has 0 bridgehead atoms. The van der Waals surface area contributed by atoms with Crippen LogP contribution in [-0.2, 0) is 13.5 Å². The molecule has 4 rings (SSSR count). The molecule has 1 saturated heterocycles. The summed E-state index contributed by atoms with van der Waals surface area (Å²) in [7, 11) is 3.75. The molecule has 1 N–H and O–H groups in total. The van der Waals surface area contributed by atoms with E-state index in [0.29, 0.717) is 24.8 Å². The molecule has 3 aromatic rings. The Morgan fingerprint density at radius 3 is 2.83 bits per heavy atom. The number of nitrogens with one attached hydrogen (secondary N) is 1. The van der Waals surface area contributed by atoms with E-state index in [1.807, 2.05) is 25.0 Å². The Balaban J connectivity index is 0.00000256. The van der Waals surface area contributed by atoms with Crippen molar-refractivity contribution in [3.8, 4) is 11.5 Å². The number of aliphatic imine (C=N–C) groups is 1. The molecule has 1 aliphatic heterocycles. The molecular weight excluding hydrogens is 498 g/mol. The molecule has 1 aliphatic rings. The first-order chi connectivity index (χ1) is 14.1. The summed E-state index contributed by atoms with van der Waals surface area (Å²) < 4.78 is 20.4. The number of hydrogen-bond acceptors (Lipinski definition) is 4. The van der Waals surface area contributed by atoms with E-state index in [2.05, 4.69) is 31.5 Å². The van der Waals surface area contributed by atoms with Gasteiger partial charge in [-0.2, -0.15) is 5.10 Å². The second kappa shape index (κ2) is 10.1. The van der Waals surface area contributed by atoms with Crippen LogP contribution in [-0.4, -0.2) is 52.3 Å². The zero-order valence-corrected chi connectivity index (χ0v) is 19.4. The average molecular weight is 524 g/mol. The minimum Gasteiger partial charge on any atom is -0.444 e. The lowest BCUT2D eigenvalue weighted by atomic mass is 10.0. The van der Waals surface area contributed by atoms with Crippen LogP contribution >= 0.6 is 24.0 Å². The summed E-state index contributed by atoms with van der Waals surface area (Å²) in [4.78, 5) is 11.2. The zero-order chi connectivity index (χ0) is 20.2. The highest BCUT2D eigenvalue weighted by atomic mass is 127. The Labute approximate surface area is 192 Å². The minimum absolute atomic E-state index is 0. The van der Waals surface area contributed by atoms with E-state index < -0.39 is 0 Å². The lowest BCUT2D eigenvalue weighted by Gasteiger charge is -2.21. The van der Waals surface area contributed by atoms with Gasteiger partial charge >= 0.3 is 0 Å². The fourth-order valence-corrected chi connectivity index (χ4v) is 3.66. The SMILES string of the molecule is CN=C(NCCc1coc(-c2ccc(F)cc2)n1)N1CCC(c2cnn(C)c2)C1.I. The van der Waals surface area contributed by atoms with Crippen LogP contribution in [0.25, 0.3) is 11.5 Å². The summed E-state index contributed by atoms with van der Waals surface area (Å²) >= 11 is 0. The number of nitrogens with zero attached hydrogens (tertiary/aromatic N) is 5. The summed E-state index contributed by atoms with van der Waals surface area (Å²) in [6.07, 6.45) is 7.50. The molecule has 2 aromatic heterocycles. The third-order valence-electron chi connectivity index (χ3n) is 5.20. The predicted octanol–water partition coefficient (Wildman–Crippen LogP) is 3.44. The van der Waals surface area contributed by atoms with Crippen LogP contribution in [0.2, 0.25) is 0 Å². The van der Waals surface area contributed by atoms with Crippen LogP contribution in [0.3, 0.4) is 0 Å². The molecule has 1 unspecified atom stereocenters. The molecule has 30 heavy (non-hydrogen) atoms. The smallest absolute Gasteiger partial charge is 0.226 e. The molecular formula is C21H26FIN6O. The number of likely N-dealkylation sites (tertiary alicyclic amines) is 1. The van der Waals surface area contributed by atoms with Crippen molar-refractivity contribution in [2.45, 2.75) is 18.8 Å². The molecule has 1 atom stereocenters. The van der Waals surface area contributed by atoms with E-state index in [-0.39, 0.29) is 29.8 Å². The maximum Gasteiger partial charge on any atom is 0.226 e. The topological polar surface area (TPSA) is 71.5 Å². The van der Waals surface area contributed by atoms with Crippen molar-refractivity contribution >= 4 is 29.9 Å². The number of halogens is 2. The van der Waals surface area contributed by atoms with Crippen LogP contribution in [0.4, 0.5) is 4.39 Å². The second-order valence-electron chi connectivity index (χ2n) is 7.25. The normalized spacial score (nSPS) is 16.6. The Morgan fingerprint density at radius 2 is 2.13 bits per heavy atom. The van der Waals surface area contributed by atoms with E-state index >= 15 is 0 Å². The number of guanidine groups is 1. The van der Waals surface area contributed by atoms with Crippen LogP contribution in [0.5, 0.6) is 0 Å². The maximum atomic E-state index is 13.1. The zero-order valence-electron chi connectivity index (χ0n) is 17.1. The van der Waals surface area contributed by atoms with Gasteiger partial charge in [-0.15, -0.1) is 24.0 Å². The Bertz CT molecular complexity index is 984. The average Bonchev–Trinajstić information content (AvgIpc) is 3.46. The molecule has 3 heterocycles. The van der Waals surface area contributed by atoms with Gasteiger partial charge in [-0.25, -0.2) is 9.37 Å². The second-order valence-corrected chi connectivity index (χ2v) is 7.25. The monoisotopic (exact) mass is 524 g/mol. The van der Waals surface area contributed by atoms with Gasteiger partial charge in [0.25, 0.3) is 0 Å². The van der Waals surface area contributed by atoms with E-state index in [1.54, 1.807) is 18.4 Å². The molecule has 0 radical (unpaired) electrons. The van der Waals surface area contributed by atoms with Crippen LogP contribution in [0.15, 0.2) is 52.3 Å². The highest BCUT2D eigenvalue weighted by molar-refractivity contribution is 14.0. The summed E-state index contributed by atoms with van der Waals surface area (Å²) in [5.74, 6) is 1.61. The van der Waals surface area contributed by atoms with Gasteiger partial charge in [0, 0.05) is 57.8 Å². The Hall–Kier alpha value is -2.43. The molecule has 7 nitrogen and oxygen atoms in total. The number of rotatable bonds is 5. The van der Waals surface area contributed by atoms with Gasteiger partial charge in [0.1, 0.15) is 12.1 Å². The molecule has 9 heteroatoms. The van der Waals surface area contributed by atoms with Crippen LogP contribution in [0.1, 0.15) is 23.6 Å². The molecule has 1 fully saturated rings. The van der Waals surface area contributed by atoms with Crippen molar-refractivity contribution in [2.75, 3.05) is 26.7 Å². The van der Waals surface area contributed by atoms with E-state index in [1.165, 1.54) is 17.7 Å². The fourth-order valence-electron chi connectivity index (χ4n) is 3.66. The van der Waals surface area contributed by atoms with Crippen molar-refractivity contribution in [2.24, 2.45) is 12.0 Å². The van der Waals surface area contributed by atoms with Gasteiger partial charge in [-0.1, -0.05) is 0 Å². The minimum atomic E-state index is -0.274. The summed E-state index contributed by atoms with van der Waals surface area (Å²) in [5.41, 5.74) is 2.89. The van der Waals surface area contributed by atoms with Gasteiger partial charge in [0.2, 0.25) is 5.89 Å². The third-order valence-corrected chi connectivity index (χ3v) is 5.20. The van der Waals surface area contributed by atoms with Crippen molar-refractivity contribution in [1.29, 1.82) is 0 Å². The fraction of sp³-hybridized carbons (Fsp3) is 0.381. The molecule has 0 amide bonds. The Kier molecular flexibility index (Phi) is 7.46. The van der Waals surface area contributed by atoms with Gasteiger partial charge < -0.3 is 14.6 Å². The first-order valence-electron chi connectivity index (χ1n) is 9.77. The molecule has 0 aliphatic carbocycles. The quantitative estimate of drug-likeness (QED) is 0.315. The first kappa shape index (κ1) is 22.3. The van der Waals surface area contributed by atoms with Crippen molar-refractivity contribution in [3.05, 3.63) is 60.0 Å². The van der Waals surface area contributed by atoms with E-state index in [9.17, 15) is 4.39 Å². The van der Waals surface area contributed by atoms with Gasteiger partial charge in [0.05, 0.1) is 11.9 Å². The number of aryl methyl sites for hydroxylation is 1. The van der Waals surface area contributed by atoms with Gasteiger partial charge in [0.15, 0.2) is 5.96 Å². The van der Waals surface area contributed by atoms with Gasteiger partial charge in [-0.05, 0) is 36.2 Å². The van der Waals surface area contributed by atoms with E-state index in [4.69, 9.17) is 4.42 Å². The maximum absolute atomic E-state index is 13.1. The van der Waals surface area contributed by atoms with E-state index in [0.717, 1.165) is 36.7 Å². The standard InChI is InChI=1S/C21H25FN6O.HI/c1-23-21(28-10-8-16(13-28)17-11-25-27(2)12-17)24-9-7-19-14-29-20(26-19)15-3-5-18(22)6-4-15;/h3-6,11-12,14,16H,7-10,13H2,1-2H3,(H,23,24);1H. The first-order valence-corrected chi connectivity index (χ1v) is 9.77. The van der Waals surface area contributed by atoms with Crippen molar-refractivity contribution in [3.63, 3.8) is 0 Å². The lowest BCUT2D eigenvalue weighted by Crippen LogP contribution is -2.40. The summed E-state index contributed by atoms with van der Waals surface area (Å²) in [6, 6.07) is 6.13. The molecule has 0 saturated carbocycles. The number of oxazole rings is 1. The lowest BCUT2D eigenvalue weighted by molar-refractivity contribution is 0.486. The number of hydrogen-bond donors (Lipinski definition) is 1. The molecule has 0 spiro atoms. The largest absolute Gasteiger partial charge is 0.444 e. The Morgan fingerprint density at radius 1 is 1.33 bits per heavy atom. The summed E-state index contributed by atoms with van der Waals surface area (Å²) in [6.45, 7) is 2.61. The number of aromatic nitrogens is 3. The van der Waals surface area contributed by atoms with Crippen molar-refractivity contribution in [1.82, 2.24) is 25.0 Å². The third kappa shape index (κ3) is 5.18. The highest BCUT2D eigenvalue weighted by Crippen LogP contribution is 2.26. The predicted molar refractivity (Wildman–Crippen MR) is 125 cm³/mol. The summed E-state index contributed by atoms with van der Waals surface area (Å²) in [5, 5.41) is 7.70. The van der Waals surface area contributed by atoms with Crippen molar-refractivity contribution < 1.29 is 8.81 Å². The highest BCUT2D eigenvalue weighted by Gasteiger charge is 2.26. The molecule has 160 valence electrons. The van der Waals surface area contributed by atoms with Crippen LogP contribution in [0, 0.1) is 5.82 Å². The van der Waals surface area contributed by atoms with Gasteiger partial charge in [-0.3, -0.25) is 9.67 Å². The molecule has 1 aromatic carbocycles. The van der Waals surface area contributed by atoms with Crippen LogP contribution < -0.4 is 5.32 Å². The number of benzene rings is 1.